The summed E-state index contributed by atoms with van der Waals surface area (Å²) in [4.78, 5) is 83.6. The van der Waals surface area contributed by atoms with Crippen molar-refractivity contribution < 1.29 is 91.1 Å². The van der Waals surface area contributed by atoms with Crippen LogP contribution in [0.4, 0.5) is 0 Å². The van der Waals surface area contributed by atoms with Crippen LogP contribution in [0.1, 0.15) is 48.5 Å². The van der Waals surface area contributed by atoms with E-state index in [0.717, 1.165) is 48.5 Å². The van der Waals surface area contributed by atoms with Crippen molar-refractivity contribution in [2.45, 2.75) is 116 Å². The molecule has 0 radical (unpaired) electrons. The van der Waals surface area contributed by atoms with E-state index >= 15 is 0 Å². The zero-order valence-corrected chi connectivity index (χ0v) is 25.4. The Morgan fingerprint density at radius 1 is 0.511 bits per heavy atom. The summed E-state index contributed by atoms with van der Waals surface area (Å²) in [7, 11) is 0. The summed E-state index contributed by atoms with van der Waals surface area (Å²) in [5, 5.41) is 21.2. The van der Waals surface area contributed by atoms with Gasteiger partial charge in [0.1, 0.15) is 6.10 Å². The molecular formula is C26H36O19. The number of aliphatic hydroxyl groups excluding tert-OH is 2. The highest BCUT2D eigenvalue weighted by atomic mass is 16.8. The smallest absolute Gasteiger partial charge is 0.305 e. The van der Waals surface area contributed by atoms with E-state index < -0.39 is 116 Å². The van der Waals surface area contributed by atoms with Gasteiger partial charge in [-0.1, -0.05) is 0 Å². The molecule has 0 saturated carbocycles. The Labute approximate surface area is 256 Å². The number of carbonyl (C=O) groups excluding carboxylic acids is 7. The lowest BCUT2D eigenvalue weighted by molar-refractivity contribution is -0.372. The standard InChI is InChI=1S/C26H36O19/c1-9(28)36-17-16(8-27)43-26(22(40-13(5)32)18(17)37-10(2)29)45-24(35)21-19(38-11(3)30)20(39-12(4)31)23(41-14(6)33)25(44-21)42-15(7)34/h16-27,35H,8H2,1-7H3/t16-,17-,18+,19+,20+,21+,22-,23-,24?,25-,26+/m1/s1. The molecule has 1 unspecified atom stereocenters. The van der Waals surface area contributed by atoms with Gasteiger partial charge in [0, 0.05) is 48.5 Å². The van der Waals surface area contributed by atoms with E-state index in [1.54, 1.807) is 0 Å². The van der Waals surface area contributed by atoms with Crippen molar-refractivity contribution in [3.05, 3.63) is 0 Å². The minimum absolute atomic E-state index is 0.860. The Morgan fingerprint density at radius 2 is 0.867 bits per heavy atom. The van der Waals surface area contributed by atoms with Crippen LogP contribution >= 0.6 is 0 Å². The van der Waals surface area contributed by atoms with Crippen LogP contribution in [0.25, 0.3) is 0 Å². The fraction of sp³-hybridized carbons (Fsp3) is 0.731. The molecule has 0 spiro atoms. The molecule has 254 valence electrons. The van der Waals surface area contributed by atoms with E-state index in [0.29, 0.717) is 0 Å². The number of aliphatic hydroxyl groups is 2. The average molecular weight is 653 g/mol. The van der Waals surface area contributed by atoms with Crippen LogP contribution in [0.2, 0.25) is 0 Å². The molecule has 45 heavy (non-hydrogen) atoms. The molecule has 0 bridgehead atoms. The topological polar surface area (TPSA) is 252 Å². The number of ether oxygens (including phenoxy) is 10. The Morgan fingerprint density at radius 3 is 1.29 bits per heavy atom. The molecule has 0 aliphatic carbocycles. The van der Waals surface area contributed by atoms with Crippen LogP contribution in [-0.4, -0.2) is 126 Å². The first kappa shape index (κ1) is 37.3. The molecule has 0 amide bonds. The zero-order valence-electron chi connectivity index (χ0n) is 25.4. The highest BCUT2D eigenvalue weighted by Crippen LogP contribution is 2.34. The van der Waals surface area contributed by atoms with Crippen molar-refractivity contribution in [3.8, 4) is 0 Å². The van der Waals surface area contributed by atoms with Gasteiger partial charge >= 0.3 is 41.8 Å². The third-order valence-electron chi connectivity index (χ3n) is 5.95. The van der Waals surface area contributed by atoms with E-state index in [1.165, 1.54) is 0 Å². The van der Waals surface area contributed by atoms with Gasteiger partial charge in [-0.2, -0.15) is 0 Å². The van der Waals surface area contributed by atoms with Gasteiger partial charge < -0.3 is 57.6 Å². The molecule has 2 saturated heterocycles. The maximum Gasteiger partial charge on any atom is 0.305 e. The van der Waals surface area contributed by atoms with Gasteiger partial charge in [0.15, 0.2) is 42.9 Å². The first-order chi connectivity index (χ1) is 20.9. The lowest BCUT2D eigenvalue weighted by Crippen LogP contribution is -2.66. The summed E-state index contributed by atoms with van der Waals surface area (Å²) in [5.74, 6) is -6.63. The van der Waals surface area contributed by atoms with Crippen LogP contribution in [-0.2, 0) is 80.9 Å². The van der Waals surface area contributed by atoms with E-state index in [4.69, 9.17) is 47.4 Å². The maximum atomic E-state index is 12.1. The van der Waals surface area contributed by atoms with Gasteiger partial charge in [-0.15, -0.1) is 0 Å². The Hall–Kier alpha value is -3.91. The van der Waals surface area contributed by atoms with Crippen molar-refractivity contribution in [2.24, 2.45) is 0 Å². The minimum Gasteiger partial charge on any atom is -0.456 e. The van der Waals surface area contributed by atoms with Gasteiger partial charge in [0.05, 0.1) is 6.61 Å². The fourth-order valence-electron chi connectivity index (χ4n) is 4.62. The summed E-state index contributed by atoms with van der Waals surface area (Å²) in [6.45, 7) is 6.01. The molecule has 2 fully saturated rings. The summed E-state index contributed by atoms with van der Waals surface area (Å²) in [6.07, 6.45) is -19.7. The van der Waals surface area contributed by atoms with E-state index in [1.807, 2.05) is 0 Å². The number of esters is 7. The van der Waals surface area contributed by atoms with Gasteiger partial charge in [-0.05, 0) is 0 Å². The van der Waals surface area contributed by atoms with Crippen molar-refractivity contribution in [2.75, 3.05) is 6.61 Å². The highest BCUT2D eigenvalue weighted by Gasteiger charge is 2.58. The molecule has 2 rings (SSSR count). The third-order valence-corrected chi connectivity index (χ3v) is 5.95. The number of hydrogen-bond donors (Lipinski definition) is 2. The van der Waals surface area contributed by atoms with Crippen LogP contribution < -0.4 is 0 Å². The van der Waals surface area contributed by atoms with E-state index in [9.17, 15) is 43.8 Å². The van der Waals surface area contributed by atoms with Crippen LogP contribution in [0.15, 0.2) is 0 Å². The van der Waals surface area contributed by atoms with Gasteiger partial charge in [0.25, 0.3) is 0 Å². The fourth-order valence-corrected chi connectivity index (χ4v) is 4.62. The molecule has 19 nitrogen and oxygen atoms in total. The molecule has 2 heterocycles. The largest absolute Gasteiger partial charge is 0.456 e. The minimum atomic E-state index is -2.31. The van der Waals surface area contributed by atoms with E-state index in [2.05, 4.69) is 0 Å². The Bertz CT molecular complexity index is 1120. The van der Waals surface area contributed by atoms with Gasteiger partial charge in [0.2, 0.25) is 18.7 Å². The second kappa shape index (κ2) is 16.4. The van der Waals surface area contributed by atoms with Gasteiger partial charge in [-0.3, -0.25) is 33.6 Å². The molecule has 0 aromatic carbocycles. The summed E-state index contributed by atoms with van der Waals surface area (Å²) >= 11 is 0. The second-order valence-corrected chi connectivity index (χ2v) is 9.77. The number of rotatable bonds is 11. The van der Waals surface area contributed by atoms with Crippen LogP contribution in [0.3, 0.4) is 0 Å². The lowest BCUT2D eigenvalue weighted by atomic mass is 9.96. The average Bonchev–Trinajstić information content (AvgIpc) is 2.88. The van der Waals surface area contributed by atoms with Crippen LogP contribution in [0, 0.1) is 0 Å². The lowest BCUT2D eigenvalue weighted by Gasteiger charge is -2.47. The SMILES string of the molecule is CC(=O)O[C@@H]1O[C@H](C(O)O[C@@H]2O[C@H](CO)[C@@H](OC(C)=O)[C@H](OC(C)=O)[C@H]2OC(C)=O)[C@@H](OC(C)=O)[C@H](OC(C)=O)[C@H]1OC(C)=O. The van der Waals surface area contributed by atoms with E-state index in [-0.39, 0.29) is 0 Å². The Kier molecular flexibility index (Phi) is 13.6. The molecule has 2 aliphatic rings. The molecule has 0 aromatic rings. The predicted molar refractivity (Wildman–Crippen MR) is 137 cm³/mol. The summed E-state index contributed by atoms with van der Waals surface area (Å²) in [6, 6.07) is 0. The predicted octanol–water partition coefficient (Wildman–Crippen LogP) is -2.08. The molecule has 11 atom stereocenters. The normalized spacial score (nSPS) is 31.8. The van der Waals surface area contributed by atoms with Crippen molar-refractivity contribution in [1.82, 2.24) is 0 Å². The summed E-state index contributed by atoms with van der Waals surface area (Å²) < 4.78 is 53.2. The quantitative estimate of drug-likeness (QED) is 0.138. The van der Waals surface area contributed by atoms with Crippen LogP contribution in [0.5, 0.6) is 0 Å². The molecule has 0 aromatic heterocycles. The van der Waals surface area contributed by atoms with Crippen molar-refractivity contribution >= 4 is 41.8 Å². The Balaban J connectivity index is 2.59. The zero-order chi connectivity index (χ0) is 34.2. The number of carbonyl (C=O) groups is 7. The molecule has 2 N–H and O–H groups in total. The number of hydrogen-bond acceptors (Lipinski definition) is 19. The highest BCUT2D eigenvalue weighted by molar-refractivity contribution is 5.70. The third kappa shape index (κ3) is 10.6. The van der Waals surface area contributed by atoms with Crippen molar-refractivity contribution in [3.63, 3.8) is 0 Å². The maximum absolute atomic E-state index is 12.1. The first-order valence-electron chi connectivity index (χ1n) is 13.4. The van der Waals surface area contributed by atoms with Gasteiger partial charge in [-0.25, -0.2) is 0 Å². The molecular weight excluding hydrogens is 616 g/mol. The first-order valence-corrected chi connectivity index (χ1v) is 13.4. The van der Waals surface area contributed by atoms with Crippen molar-refractivity contribution in [1.29, 1.82) is 0 Å². The monoisotopic (exact) mass is 652 g/mol. The molecule has 2 aliphatic heterocycles. The second-order valence-electron chi connectivity index (χ2n) is 9.77. The molecule has 19 heteroatoms. The summed E-state index contributed by atoms with van der Waals surface area (Å²) in [5.41, 5.74) is 0.